The van der Waals surface area contributed by atoms with Crippen molar-refractivity contribution in [2.24, 2.45) is 5.92 Å². The largest absolute Gasteiger partial charge is 0.465 e. The van der Waals surface area contributed by atoms with Crippen LogP contribution in [0.25, 0.3) is 0 Å². The van der Waals surface area contributed by atoms with E-state index in [1.165, 1.54) is 46.2 Å². The molecule has 11 heteroatoms. The minimum atomic E-state index is -1.00. The molecule has 0 saturated carbocycles. The highest BCUT2D eigenvalue weighted by molar-refractivity contribution is 6.30. The van der Waals surface area contributed by atoms with E-state index >= 15 is 0 Å². The van der Waals surface area contributed by atoms with Gasteiger partial charge in [0.25, 0.3) is 0 Å². The summed E-state index contributed by atoms with van der Waals surface area (Å²) in [6.45, 7) is 3.05. The predicted molar refractivity (Wildman–Crippen MR) is 132 cm³/mol. The molecule has 0 spiro atoms. The van der Waals surface area contributed by atoms with Gasteiger partial charge < -0.3 is 24.5 Å². The maximum absolute atomic E-state index is 14.4. The van der Waals surface area contributed by atoms with E-state index in [9.17, 15) is 28.3 Å². The van der Waals surface area contributed by atoms with E-state index in [-0.39, 0.29) is 55.3 Å². The van der Waals surface area contributed by atoms with Gasteiger partial charge in [-0.25, -0.2) is 18.4 Å². The summed E-state index contributed by atoms with van der Waals surface area (Å²) < 4.78 is 33.1. The van der Waals surface area contributed by atoms with Gasteiger partial charge in [0.1, 0.15) is 17.4 Å². The maximum Gasteiger partial charge on any atom is 0.415 e. The molecule has 198 valence electrons. The molecule has 37 heavy (non-hydrogen) atoms. The molecular formula is C26H28ClF2N3O5. The van der Waals surface area contributed by atoms with Gasteiger partial charge in [0.2, 0.25) is 5.91 Å². The molecule has 2 atom stereocenters. The lowest BCUT2D eigenvalue weighted by Gasteiger charge is -2.32. The third-order valence-electron chi connectivity index (χ3n) is 7.08. The molecule has 8 nitrogen and oxygen atoms in total. The summed E-state index contributed by atoms with van der Waals surface area (Å²) in [5, 5.41) is 9.17. The molecule has 0 bridgehead atoms. The predicted octanol–water partition coefficient (Wildman–Crippen LogP) is 4.82. The van der Waals surface area contributed by atoms with Crippen LogP contribution in [-0.4, -0.2) is 76.7 Å². The maximum atomic E-state index is 14.4. The van der Waals surface area contributed by atoms with Crippen LogP contribution < -0.4 is 4.74 Å². The van der Waals surface area contributed by atoms with Crippen LogP contribution in [0, 0.1) is 17.6 Å². The van der Waals surface area contributed by atoms with Crippen LogP contribution in [0.3, 0.4) is 0 Å². The zero-order chi connectivity index (χ0) is 26.7. The molecule has 0 unspecified atom stereocenters. The Bertz CT molecular complexity index is 1160. The van der Waals surface area contributed by atoms with Crippen molar-refractivity contribution < 1.29 is 33.0 Å². The molecule has 0 aliphatic carbocycles. The number of likely N-dealkylation sites (tertiary alicyclic amines) is 2. The van der Waals surface area contributed by atoms with Gasteiger partial charge in [0.15, 0.2) is 0 Å². The third-order valence-corrected chi connectivity index (χ3v) is 7.39. The first kappa shape index (κ1) is 26.7. The summed E-state index contributed by atoms with van der Waals surface area (Å²) in [5.74, 6) is -1.74. The Morgan fingerprint density at radius 3 is 2.32 bits per heavy atom. The van der Waals surface area contributed by atoms with Gasteiger partial charge in [-0.05, 0) is 61.7 Å². The molecule has 2 aliphatic rings. The number of carbonyl (C=O) groups excluding carboxylic acids is 2. The first-order valence-corrected chi connectivity index (χ1v) is 12.5. The first-order chi connectivity index (χ1) is 17.7. The Morgan fingerprint density at radius 2 is 1.73 bits per heavy atom. The number of carboxylic acid groups (broad SMARTS) is 1. The van der Waals surface area contributed by atoms with E-state index in [0.717, 1.165) is 0 Å². The molecule has 2 fully saturated rings. The van der Waals surface area contributed by atoms with Crippen molar-refractivity contribution in [3.8, 4) is 5.75 Å². The fourth-order valence-electron chi connectivity index (χ4n) is 5.09. The highest BCUT2D eigenvalue weighted by Crippen LogP contribution is 2.35. The first-order valence-electron chi connectivity index (χ1n) is 12.1. The molecule has 1 N–H and O–H groups in total. The zero-order valence-electron chi connectivity index (χ0n) is 20.3. The SMILES string of the molecule is CCN(C(=O)Oc1ccc(F)cc1)[C@@H]1CN(C(=O)C2CCN(C(=O)O)CC2)C[C@H]1c1ccc(Cl)c(F)c1. The second kappa shape index (κ2) is 11.3. The van der Waals surface area contributed by atoms with Gasteiger partial charge in [0, 0.05) is 44.6 Å². The molecule has 0 aromatic heterocycles. The Hall–Kier alpha value is -3.40. The lowest BCUT2D eigenvalue weighted by molar-refractivity contribution is -0.136. The van der Waals surface area contributed by atoms with Crippen molar-refractivity contribution in [1.29, 1.82) is 0 Å². The van der Waals surface area contributed by atoms with Crippen molar-refractivity contribution in [1.82, 2.24) is 14.7 Å². The molecule has 2 aliphatic heterocycles. The number of ether oxygens (including phenoxy) is 1. The summed E-state index contributed by atoms with van der Waals surface area (Å²) in [5.41, 5.74) is 0.593. The van der Waals surface area contributed by atoms with Gasteiger partial charge in [-0.3, -0.25) is 4.79 Å². The number of halogens is 3. The Kier molecular flexibility index (Phi) is 8.16. The van der Waals surface area contributed by atoms with Crippen LogP contribution in [0.1, 0.15) is 31.2 Å². The summed E-state index contributed by atoms with van der Waals surface area (Å²) >= 11 is 5.88. The zero-order valence-corrected chi connectivity index (χ0v) is 21.0. The van der Waals surface area contributed by atoms with Crippen molar-refractivity contribution in [2.45, 2.75) is 31.7 Å². The van der Waals surface area contributed by atoms with E-state index < -0.39 is 35.8 Å². The monoisotopic (exact) mass is 535 g/mol. The number of hydrogen-bond acceptors (Lipinski definition) is 4. The second-order valence-corrected chi connectivity index (χ2v) is 9.65. The number of amides is 3. The minimum absolute atomic E-state index is 0.0283. The second-order valence-electron chi connectivity index (χ2n) is 9.24. The summed E-state index contributed by atoms with van der Waals surface area (Å²) in [6.07, 6.45) is -0.842. The summed E-state index contributed by atoms with van der Waals surface area (Å²) in [4.78, 5) is 42.2. The number of piperidine rings is 1. The quantitative estimate of drug-likeness (QED) is 0.592. The molecule has 3 amide bonds. The fourth-order valence-corrected chi connectivity index (χ4v) is 5.21. The molecule has 2 aromatic rings. The van der Waals surface area contributed by atoms with Gasteiger partial charge in [0.05, 0.1) is 11.1 Å². The highest BCUT2D eigenvalue weighted by Gasteiger charge is 2.43. The van der Waals surface area contributed by atoms with Crippen LogP contribution in [0.2, 0.25) is 5.02 Å². The normalized spacial score (nSPS) is 20.1. The average molecular weight is 536 g/mol. The van der Waals surface area contributed by atoms with Crippen LogP contribution in [-0.2, 0) is 4.79 Å². The highest BCUT2D eigenvalue weighted by atomic mass is 35.5. The van der Waals surface area contributed by atoms with Gasteiger partial charge >= 0.3 is 12.2 Å². The number of likely N-dealkylation sites (N-methyl/N-ethyl adjacent to an activating group) is 1. The summed E-state index contributed by atoms with van der Waals surface area (Å²) in [6, 6.07) is 9.00. The molecule has 2 aromatic carbocycles. The van der Waals surface area contributed by atoms with Crippen LogP contribution in [0.5, 0.6) is 5.75 Å². The van der Waals surface area contributed by atoms with E-state index in [4.69, 9.17) is 16.3 Å². The average Bonchev–Trinajstić information content (AvgIpc) is 3.32. The molecular weight excluding hydrogens is 508 g/mol. The van der Waals surface area contributed by atoms with E-state index in [0.29, 0.717) is 18.4 Å². The number of hydrogen-bond donors (Lipinski definition) is 1. The Labute approximate surface area is 218 Å². The number of rotatable bonds is 5. The third kappa shape index (κ3) is 5.95. The Morgan fingerprint density at radius 1 is 1.05 bits per heavy atom. The van der Waals surface area contributed by atoms with E-state index in [1.807, 2.05) is 0 Å². The van der Waals surface area contributed by atoms with Gasteiger partial charge in [-0.2, -0.15) is 0 Å². The smallest absolute Gasteiger partial charge is 0.415 e. The van der Waals surface area contributed by atoms with Crippen LogP contribution >= 0.6 is 11.6 Å². The molecule has 4 rings (SSSR count). The molecule has 0 radical (unpaired) electrons. The van der Waals surface area contributed by atoms with Crippen molar-refractivity contribution in [2.75, 3.05) is 32.7 Å². The van der Waals surface area contributed by atoms with Crippen molar-refractivity contribution in [3.63, 3.8) is 0 Å². The van der Waals surface area contributed by atoms with E-state index in [1.54, 1.807) is 17.9 Å². The number of benzene rings is 2. The van der Waals surface area contributed by atoms with Crippen molar-refractivity contribution >= 4 is 29.7 Å². The lowest BCUT2D eigenvalue weighted by Crippen LogP contribution is -2.47. The van der Waals surface area contributed by atoms with Gasteiger partial charge in [-0.1, -0.05) is 17.7 Å². The number of nitrogens with zero attached hydrogens (tertiary/aromatic N) is 3. The topological polar surface area (TPSA) is 90.4 Å². The molecule has 2 saturated heterocycles. The number of carbonyl (C=O) groups is 3. The lowest BCUT2D eigenvalue weighted by atomic mass is 9.93. The van der Waals surface area contributed by atoms with Crippen molar-refractivity contribution in [3.05, 3.63) is 64.7 Å². The standard InChI is InChI=1S/C26H28ClF2N3O5/c1-2-32(26(36)37-19-6-4-18(28)5-7-19)23-15-31(14-20(23)17-3-8-21(27)22(29)13-17)24(33)16-9-11-30(12-10-16)25(34)35/h3-8,13,16,20,23H,2,9-12,14-15H2,1H3,(H,34,35)/t20-,23+/m0/s1. The Balaban J connectivity index is 1.56. The van der Waals surface area contributed by atoms with Crippen LogP contribution in [0.4, 0.5) is 18.4 Å². The van der Waals surface area contributed by atoms with Gasteiger partial charge in [-0.15, -0.1) is 0 Å². The minimum Gasteiger partial charge on any atom is -0.465 e. The summed E-state index contributed by atoms with van der Waals surface area (Å²) in [7, 11) is 0. The molecule has 2 heterocycles. The fraction of sp³-hybridized carbons (Fsp3) is 0.423. The van der Waals surface area contributed by atoms with Crippen LogP contribution in [0.15, 0.2) is 42.5 Å². The van der Waals surface area contributed by atoms with E-state index in [2.05, 4.69) is 0 Å².